The maximum Gasteiger partial charge on any atom is 0.416 e. The molecule has 0 spiro atoms. The summed E-state index contributed by atoms with van der Waals surface area (Å²) in [7, 11) is 1.36. The standard InChI is InChI=1S/C29H28ClF6N3O3/c1-27(2,17-8-18(28(31,32)33)10-19(9-17)29(34,35)36)26(42)38(3)24-13-37-25(39-14-22(41)11-21(39)15-40)12-23(24)16-4-6-20(30)7-5-16/h4-10,12-13,21-22,40-41H,11,14-15H2,1-3H3. The van der Waals surface area contributed by atoms with Crippen LogP contribution in [0.1, 0.15) is 37.0 Å². The van der Waals surface area contributed by atoms with E-state index in [0.29, 0.717) is 40.5 Å². The second-order valence-electron chi connectivity index (χ2n) is 10.7. The van der Waals surface area contributed by atoms with Crippen LogP contribution >= 0.6 is 11.6 Å². The summed E-state index contributed by atoms with van der Waals surface area (Å²) in [6.45, 7) is 2.47. The Balaban J connectivity index is 1.81. The van der Waals surface area contributed by atoms with Crippen molar-refractivity contribution in [1.82, 2.24) is 4.98 Å². The van der Waals surface area contributed by atoms with Crippen LogP contribution in [0.25, 0.3) is 11.1 Å². The number of likely N-dealkylation sites (N-methyl/N-ethyl adjacent to an activating group) is 1. The zero-order valence-electron chi connectivity index (χ0n) is 22.8. The number of pyridine rings is 1. The van der Waals surface area contributed by atoms with Crippen molar-refractivity contribution in [2.75, 3.05) is 30.0 Å². The van der Waals surface area contributed by atoms with Crippen molar-refractivity contribution in [2.45, 2.75) is 50.2 Å². The van der Waals surface area contributed by atoms with Crippen molar-refractivity contribution in [3.05, 3.63) is 76.4 Å². The lowest BCUT2D eigenvalue weighted by atomic mass is 9.81. The Morgan fingerprint density at radius 3 is 2.07 bits per heavy atom. The highest BCUT2D eigenvalue weighted by Crippen LogP contribution is 2.41. The lowest BCUT2D eigenvalue weighted by molar-refractivity contribution is -0.143. The van der Waals surface area contributed by atoms with Crippen LogP contribution in [-0.2, 0) is 22.6 Å². The highest BCUT2D eigenvalue weighted by Gasteiger charge is 2.41. The molecule has 42 heavy (non-hydrogen) atoms. The molecular formula is C29H28ClF6N3O3. The van der Waals surface area contributed by atoms with Gasteiger partial charge in [-0.25, -0.2) is 4.98 Å². The van der Waals surface area contributed by atoms with Crippen LogP contribution in [0.2, 0.25) is 5.02 Å². The minimum Gasteiger partial charge on any atom is -0.394 e. The molecule has 2 atom stereocenters. The van der Waals surface area contributed by atoms with E-state index in [1.54, 1.807) is 35.2 Å². The number of carbonyl (C=O) groups is 1. The van der Waals surface area contributed by atoms with Crippen LogP contribution in [-0.4, -0.2) is 53.4 Å². The third-order valence-corrected chi connectivity index (χ3v) is 7.68. The van der Waals surface area contributed by atoms with Crippen molar-refractivity contribution in [2.24, 2.45) is 0 Å². The normalized spacial score (nSPS) is 18.0. The summed E-state index contributed by atoms with van der Waals surface area (Å²) in [6, 6.07) is 8.95. The van der Waals surface area contributed by atoms with Gasteiger partial charge in [0.25, 0.3) is 0 Å². The van der Waals surface area contributed by atoms with Crippen LogP contribution in [0, 0.1) is 0 Å². The third-order valence-electron chi connectivity index (χ3n) is 7.43. The Kier molecular flexibility index (Phi) is 8.56. The maximum atomic E-state index is 13.8. The number of hydrogen-bond acceptors (Lipinski definition) is 5. The number of aliphatic hydroxyl groups excluding tert-OH is 2. The van der Waals surface area contributed by atoms with Gasteiger partial charge in [-0.1, -0.05) is 23.7 Å². The number of amides is 1. The van der Waals surface area contributed by atoms with E-state index in [2.05, 4.69) is 4.98 Å². The Morgan fingerprint density at radius 1 is 1.00 bits per heavy atom. The first-order valence-corrected chi connectivity index (χ1v) is 13.2. The highest BCUT2D eigenvalue weighted by molar-refractivity contribution is 6.30. The fraction of sp³-hybridized carbons (Fsp3) is 0.379. The molecule has 226 valence electrons. The molecule has 6 nitrogen and oxygen atoms in total. The molecule has 0 bridgehead atoms. The molecule has 4 rings (SSSR count). The van der Waals surface area contributed by atoms with E-state index in [1.807, 2.05) is 0 Å². The lowest BCUT2D eigenvalue weighted by Crippen LogP contribution is -2.42. The molecule has 1 fully saturated rings. The molecule has 1 amide bonds. The number of nitrogens with zero attached hydrogens (tertiary/aromatic N) is 3. The Hall–Kier alpha value is -3.35. The number of hydrogen-bond donors (Lipinski definition) is 2. The predicted molar refractivity (Wildman–Crippen MR) is 146 cm³/mol. The molecule has 1 aliphatic rings. The third kappa shape index (κ3) is 6.35. The number of β-amino-alcohol motifs (C(OH)–C–C–N with tert-alkyl or cyclic N) is 1. The van der Waals surface area contributed by atoms with Crippen LogP contribution in [0.3, 0.4) is 0 Å². The number of alkyl halides is 6. The minimum absolute atomic E-state index is 0.0178. The molecule has 1 aliphatic heterocycles. The number of aromatic nitrogens is 1. The van der Waals surface area contributed by atoms with E-state index < -0.39 is 52.5 Å². The van der Waals surface area contributed by atoms with Gasteiger partial charge in [-0.05, 0) is 67.8 Å². The second-order valence-corrected chi connectivity index (χ2v) is 11.2. The summed E-state index contributed by atoms with van der Waals surface area (Å²) in [4.78, 5) is 21.1. The lowest BCUT2D eigenvalue weighted by Gasteiger charge is -2.32. The van der Waals surface area contributed by atoms with E-state index in [4.69, 9.17) is 11.6 Å². The van der Waals surface area contributed by atoms with E-state index in [0.717, 1.165) is 4.90 Å². The molecule has 0 saturated carbocycles. The summed E-state index contributed by atoms with van der Waals surface area (Å²) in [6.07, 6.45) is -9.16. The fourth-order valence-corrected chi connectivity index (χ4v) is 5.16. The van der Waals surface area contributed by atoms with Gasteiger partial charge < -0.3 is 20.0 Å². The summed E-state index contributed by atoms with van der Waals surface area (Å²) in [5.41, 5.74) is -4.05. The SMILES string of the molecule is CN(C(=O)C(C)(C)c1cc(C(F)(F)F)cc(C(F)(F)F)c1)c1cnc(N2CC(O)CC2CO)cc1-c1ccc(Cl)cc1. The smallest absolute Gasteiger partial charge is 0.394 e. The van der Waals surface area contributed by atoms with E-state index in [1.165, 1.54) is 27.1 Å². The van der Waals surface area contributed by atoms with Gasteiger partial charge in [-0.3, -0.25) is 4.79 Å². The summed E-state index contributed by atoms with van der Waals surface area (Å²) in [5, 5.41) is 20.4. The maximum absolute atomic E-state index is 13.8. The van der Waals surface area contributed by atoms with Crippen molar-refractivity contribution >= 4 is 29.0 Å². The van der Waals surface area contributed by atoms with Crippen LogP contribution in [0.5, 0.6) is 0 Å². The minimum atomic E-state index is -5.07. The number of carbonyl (C=O) groups excluding carboxylic acids is 1. The first-order chi connectivity index (χ1) is 19.4. The van der Waals surface area contributed by atoms with Gasteiger partial charge in [-0.15, -0.1) is 0 Å². The molecule has 13 heteroatoms. The predicted octanol–water partition coefficient (Wildman–Crippen LogP) is 6.31. The number of aliphatic hydroxyl groups is 2. The van der Waals surface area contributed by atoms with Crippen LogP contribution < -0.4 is 9.80 Å². The fourth-order valence-electron chi connectivity index (χ4n) is 5.04. The quantitative estimate of drug-likeness (QED) is 0.318. The Labute approximate surface area is 243 Å². The average molecular weight is 616 g/mol. The van der Waals surface area contributed by atoms with Gasteiger partial charge in [0, 0.05) is 24.2 Å². The molecule has 1 saturated heterocycles. The number of anilines is 2. The van der Waals surface area contributed by atoms with Crippen LogP contribution in [0.15, 0.2) is 54.7 Å². The van der Waals surface area contributed by atoms with Crippen molar-refractivity contribution in [3.63, 3.8) is 0 Å². The van der Waals surface area contributed by atoms with Gasteiger partial charge in [0.2, 0.25) is 5.91 Å². The first kappa shape index (κ1) is 31.6. The largest absolute Gasteiger partial charge is 0.416 e. The molecule has 1 aromatic heterocycles. The summed E-state index contributed by atoms with van der Waals surface area (Å²) < 4.78 is 81.3. The molecular weight excluding hydrogens is 588 g/mol. The van der Waals surface area contributed by atoms with E-state index in [9.17, 15) is 41.4 Å². The van der Waals surface area contributed by atoms with Crippen molar-refractivity contribution in [1.29, 1.82) is 0 Å². The molecule has 2 unspecified atom stereocenters. The Bertz CT molecular complexity index is 1430. The average Bonchev–Trinajstić information content (AvgIpc) is 3.31. The molecule has 0 aliphatic carbocycles. The number of rotatable bonds is 6. The van der Waals surface area contributed by atoms with Crippen LogP contribution in [0.4, 0.5) is 37.8 Å². The summed E-state index contributed by atoms with van der Waals surface area (Å²) >= 11 is 6.06. The summed E-state index contributed by atoms with van der Waals surface area (Å²) in [5.74, 6) is -0.392. The zero-order chi connectivity index (χ0) is 31.2. The highest BCUT2D eigenvalue weighted by atomic mass is 35.5. The monoisotopic (exact) mass is 615 g/mol. The van der Waals surface area contributed by atoms with Gasteiger partial charge in [0.1, 0.15) is 5.82 Å². The molecule has 2 N–H and O–H groups in total. The molecule has 2 aromatic carbocycles. The molecule has 3 aromatic rings. The van der Waals surface area contributed by atoms with E-state index >= 15 is 0 Å². The molecule has 2 heterocycles. The first-order valence-electron chi connectivity index (χ1n) is 12.8. The van der Waals surface area contributed by atoms with Gasteiger partial charge >= 0.3 is 12.4 Å². The number of halogens is 7. The van der Waals surface area contributed by atoms with Gasteiger partial charge in [0.15, 0.2) is 0 Å². The van der Waals surface area contributed by atoms with Crippen molar-refractivity contribution in [3.8, 4) is 11.1 Å². The number of benzene rings is 2. The van der Waals surface area contributed by atoms with Gasteiger partial charge in [0.05, 0.1) is 47.2 Å². The topological polar surface area (TPSA) is 76.9 Å². The second kappa shape index (κ2) is 11.4. The molecule has 0 radical (unpaired) electrons. The van der Waals surface area contributed by atoms with Gasteiger partial charge in [-0.2, -0.15) is 26.3 Å². The zero-order valence-corrected chi connectivity index (χ0v) is 23.5. The Morgan fingerprint density at radius 2 is 1.55 bits per heavy atom. The van der Waals surface area contributed by atoms with Crippen molar-refractivity contribution < 1.29 is 41.4 Å². The van der Waals surface area contributed by atoms with E-state index in [-0.39, 0.29) is 24.9 Å².